The third kappa shape index (κ3) is 5.10. The molecule has 0 bridgehead atoms. The number of ether oxygens (including phenoxy) is 2. The van der Waals surface area contributed by atoms with Gasteiger partial charge in [-0.25, -0.2) is 0 Å². The number of hydrogen-bond donors (Lipinski definition) is 2. The highest BCUT2D eigenvalue weighted by molar-refractivity contribution is 6.35. The van der Waals surface area contributed by atoms with Crippen molar-refractivity contribution in [3.63, 3.8) is 0 Å². The Kier molecular flexibility index (Phi) is 7.58. The molecule has 3 N–H and O–H groups in total. The van der Waals surface area contributed by atoms with Gasteiger partial charge in [-0.05, 0) is 24.1 Å². The smallest absolute Gasteiger partial charge is 0.0701 e. The summed E-state index contributed by atoms with van der Waals surface area (Å²) in [5, 5.41) is 1.28. The molecule has 0 amide bonds. The molecular formula is C12H18Cl2N2O2. The summed E-state index contributed by atoms with van der Waals surface area (Å²) in [6, 6.07) is 5.39. The lowest BCUT2D eigenvalue weighted by atomic mass is 10.1. The zero-order valence-electron chi connectivity index (χ0n) is 10.3. The van der Waals surface area contributed by atoms with E-state index in [1.165, 1.54) is 0 Å². The van der Waals surface area contributed by atoms with Crippen LogP contribution < -0.4 is 11.3 Å². The highest BCUT2D eigenvalue weighted by Crippen LogP contribution is 2.25. The lowest BCUT2D eigenvalue weighted by molar-refractivity contribution is 0.0587. The van der Waals surface area contributed by atoms with Gasteiger partial charge in [0.05, 0.1) is 19.8 Å². The summed E-state index contributed by atoms with van der Waals surface area (Å²) < 4.78 is 10.3. The van der Waals surface area contributed by atoms with Crippen molar-refractivity contribution in [2.75, 3.05) is 26.9 Å². The monoisotopic (exact) mass is 292 g/mol. The summed E-state index contributed by atoms with van der Waals surface area (Å²) in [7, 11) is 1.63. The molecular weight excluding hydrogens is 275 g/mol. The van der Waals surface area contributed by atoms with Gasteiger partial charge in [0, 0.05) is 23.2 Å². The fraction of sp³-hybridized carbons (Fsp3) is 0.500. The average Bonchev–Trinajstić information content (AvgIpc) is 2.36. The normalized spacial score (nSPS) is 12.7. The first-order valence-electron chi connectivity index (χ1n) is 5.64. The minimum Gasteiger partial charge on any atom is -0.382 e. The zero-order chi connectivity index (χ0) is 13.4. The maximum Gasteiger partial charge on any atom is 0.0701 e. The molecule has 0 spiro atoms. The lowest BCUT2D eigenvalue weighted by Gasteiger charge is -2.17. The summed E-state index contributed by atoms with van der Waals surface area (Å²) in [6.45, 7) is 1.57. The number of nitrogens with two attached hydrogens (primary N) is 1. The lowest BCUT2D eigenvalue weighted by Crippen LogP contribution is -2.40. The van der Waals surface area contributed by atoms with Gasteiger partial charge in [0.25, 0.3) is 0 Å². The topological polar surface area (TPSA) is 56.5 Å². The van der Waals surface area contributed by atoms with E-state index in [1.54, 1.807) is 7.11 Å². The number of rotatable bonds is 8. The Labute approximate surface area is 117 Å². The quantitative estimate of drug-likeness (QED) is 0.437. The molecule has 0 radical (unpaired) electrons. The fourth-order valence-electron chi connectivity index (χ4n) is 1.51. The molecule has 0 fully saturated rings. The Bertz CT molecular complexity index is 344. The van der Waals surface area contributed by atoms with Gasteiger partial charge >= 0.3 is 0 Å². The second kappa shape index (κ2) is 8.69. The van der Waals surface area contributed by atoms with Gasteiger partial charge in [-0.2, -0.15) is 0 Å². The van der Waals surface area contributed by atoms with Crippen molar-refractivity contribution in [2.45, 2.75) is 12.5 Å². The molecule has 1 unspecified atom stereocenters. The van der Waals surface area contributed by atoms with Crippen molar-refractivity contribution in [3.05, 3.63) is 33.8 Å². The van der Waals surface area contributed by atoms with Crippen LogP contribution in [0.2, 0.25) is 10.0 Å². The predicted octanol–water partition coefficient (Wildman–Crippen LogP) is 2.03. The molecule has 1 rings (SSSR count). The highest BCUT2D eigenvalue weighted by atomic mass is 35.5. The third-order valence-corrected chi connectivity index (χ3v) is 3.21. The zero-order valence-corrected chi connectivity index (χ0v) is 11.8. The number of hydrogen-bond acceptors (Lipinski definition) is 4. The molecule has 1 aromatic carbocycles. The van der Waals surface area contributed by atoms with E-state index in [0.717, 1.165) is 5.56 Å². The molecule has 6 heteroatoms. The summed E-state index contributed by atoms with van der Waals surface area (Å²) in [4.78, 5) is 0. The van der Waals surface area contributed by atoms with Crippen LogP contribution in [-0.4, -0.2) is 33.0 Å². The second-order valence-corrected chi connectivity index (χ2v) is 4.65. The molecule has 0 heterocycles. The van der Waals surface area contributed by atoms with E-state index in [2.05, 4.69) is 5.43 Å². The average molecular weight is 293 g/mol. The van der Waals surface area contributed by atoms with Crippen LogP contribution in [-0.2, 0) is 15.9 Å². The Hall–Kier alpha value is -0.360. The molecule has 4 nitrogen and oxygen atoms in total. The fourth-order valence-corrected chi connectivity index (χ4v) is 2.06. The summed E-state index contributed by atoms with van der Waals surface area (Å²) in [5.41, 5.74) is 3.57. The molecule has 0 saturated heterocycles. The van der Waals surface area contributed by atoms with E-state index in [4.69, 9.17) is 38.5 Å². The van der Waals surface area contributed by atoms with Gasteiger partial charge in [-0.15, -0.1) is 0 Å². The molecule has 0 aliphatic rings. The largest absolute Gasteiger partial charge is 0.382 e. The number of benzene rings is 1. The summed E-state index contributed by atoms with van der Waals surface area (Å²) in [6.07, 6.45) is 0.613. The predicted molar refractivity (Wildman–Crippen MR) is 74.0 cm³/mol. The van der Waals surface area contributed by atoms with Crippen molar-refractivity contribution in [1.29, 1.82) is 0 Å². The standard InChI is InChI=1S/C12H18Cl2N2O2/c1-17-5-6-18-8-9(16-15)7-10-11(13)3-2-4-12(10)14/h2-4,9,16H,5-8,15H2,1H3. The van der Waals surface area contributed by atoms with Crippen molar-refractivity contribution in [1.82, 2.24) is 5.43 Å². The Balaban J connectivity index is 2.52. The maximum absolute atomic E-state index is 6.10. The van der Waals surface area contributed by atoms with Crippen molar-refractivity contribution in [2.24, 2.45) is 5.84 Å². The van der Waals surface area contributed by atoms with Crippen LogP contribution in [0.4, 0.5) is 0 Å². The minimum absolute atomic E-state index is 0.0424. The molecule has 102 valence electrons. The second-order valence-electron chi connectivity index (χ2n) is 3.84. The summed E-state index contributed by atoms with van der Waals surface area (Å²) >= 11 is 12.2. The van der Waals surface area contributed by atoms with Gasteiger partial charge in [0.2, 0.25) is 0 Å². The van der Waals surface area contributed by atoms with Crippen molar-refractivity contribution < 1.29 is 9.47 Å². The molecule has 1 atom stereocenters. The SMILES string of the molecule is COCCOCC(Cc1c(Cl)cccc1Cl)NN. The third-order valence-electron chi connectivity index (χ3n) is 2.50. The van der Waals surface area contributed by atoms with Gasteiger partial charge < -0.3 is 9.47 Å². The number of halogens is 2. The van der Waals surface area contributed by atoms with Crippen molar-refractivity contribution in [3.8, 4) is 0 Å². The van der Waals surface area contributed by atoms with E-state index in [-0.39, 0.29) is 6.04 Å². The van der Waals surface area contributed by atoms with Crippen LogP contribution in [0.3, 0.4) is 0 Å². The molecule has 0 aliphatic heterocycles. The van der Waals surface area contributed by atoms with E-state index in [0.29, 0.717) is 36.3 Å². The van der Waals surface area contributed by atoms with Gasteiger partial charge in [0.15, 0.2) is 0 Å². The van der Waals surface area contributed by atoms with E-state index < -0.39 is 0 Å². The van der Waals surface area contributed by atoms with Gasteiger partial charge in [-0.1, -0.05) is 29.3 Å². The molecule has 0 aromatic heterocycles. The maximum atomic E-state index is 6.10. The van der Waals surface area contributed by atoms with Crippen LogP contribution in [0.5, 0.6) is 0 Å². The number of nitrogens with one attached hydrogen (secondary N) is 1. The first-order chi connectivity index (χ1) is 8.69. The molecule has 1 aromatic rings. The van der Waals surface area contributed by atoms with Crippen LogP contribution >= 0.6 is 23.2 Å². The van der Waals surface area contributed by atoms with Crippen molar-refractivity contribution >= 4 is 23.2 Å². The van der Waals surface area contributed by atoms with Gasteiger partial charge in [0.1, 0.15) is 0 Å². The number of methoxy groups -OCH3 is 1. The number of hydrazine groups is 1. The Morgan fingerprint density at radius 1 is 1.28 bits per heavy atom. The minimum atomic E-state index is -0.0424. The first kappa shape index (κ1) is 15.7. The Morgan fingerprint density at radius 2 is 1.94 bits per heavy atom. The first-order valence-corrected chi connectivity index (χ1v) is 6.40. The van der Waals surface area contributed by atoms with Crippen LogP contribution in [0.1, 0.15) is 5.56 Å². The molecule has 18 heavy (non-hydrogen) atoms. The summed E-state index contributed by atoms with van der Waals surface area (Å²) in [5.74, 6) is 5.49. The highest BCUT2D eigenvalue weighted by Gasteiger charge is 2.13. The Morgan fingerprint density at radius 3 is 2.50 bits per heavy atom. The van der Waals surface area contributed by atoms with E-state index in [1.807, 2.05) is 18.2 Å². The molecule has 0 aliphatic carbocycles. The van der Waals surface area contributed by atoms with E-state index in [9.17, 15) is 0 Å². The van der Waals surface area contributed by atoms with E-state index >= 15 is 0 Å². The van der Waals surface area contributed by atoms with Crippen LogP contribution in [0, 0.1) is 0 Å². The van der Waals surface area contributed by atoms with Crippen LogP contribution in [0.25, 0.3) is 0 Å². The molecule has 0 saturated carbocycles. The van der Waals surface area contributed by atoms with Crippen LogP contribution in [0.15, 0.2) is 18.2 Å². The van der Waals surface area contributed by atoms with Gasteiger partial charge in [-0.3, -0.25) is 11.3 Å².